The van der Waals surface area contributed by atoms with Crippen LogP contribution < -0.4 is 10.6 Å². The van der Waals surface area contributed by atoms with Crippen molar-refractivity contribution in [3.05, 3.63) is 59.7 Å². The summed E-state index contributed by atoms with van der Waals surface area (Å²) in [4.78, 5) is 32.4. The summed E-state index contributed by atoms with van der Waals surface area (Å²) >= 11 is 0. The second-order valence-electron chi connectivity index (χ2n) is 6.21. The highest BCUT2D eigenvalue weighted by Crippen LogP contribution is 2.20. The molecule has 8 nitrogen and oxygen atoms in total. The molecule has 2 heterocycles. The molecule has 28 heavy (non-hydrogen) atoms. The smallest absolute Gasteiger partial charge is 0.251 e. The van der Waals surface area contributed by atoms with Crippen molar-refractivity contribution in [2.45, 2.75) is 26.2 Å². The lowest BCUT2D eigenvalue weighted by atomic mass is 10.1. The first-order valence-electron chi connectivity index (χ1n) is 8.93. The molecule has 3 rings (SSSR count). The van der Waals surface area contributed by atoms with E-state index in [4.69, 9.17) is 4.52 Å². The molecule has 0 saturated carbocycles. The van der Waals surface area contributed by atoms with Crippen LogP contribution in [-0.4, -0.2) is 34.0 Å². The Balaban J connectivity index is 1.53. The predicted octanol–water partition coefficient (Wildman–Crippen LogP) is 2.76. The maximum Gasteiger partial charge on any atom is 0.251 e. The van der Waals surface area contributed by atoms with Gasteiger partial charge in [-0.2, -0.15) is 4.98 Å². The number of anilines is 1. The van der Waals surface area contributed by atoms with Crippen molar-refractivity contribution in [1.29, 1.82) is 0 Å². The molecule has 0 fully saturated rings. The van der Waals surface area contributed by atoms with E-state index in [0.717, 1.165) is 11.1 Å². The number of carbonyl (C=O) groups excluding carboxylic acids is 2. The van der Waals surface area contributed by atoms with Crippen LogP contribution in [-0.2, 0) is 11.2 Å². The van der Waals surface area contributed by atoms with E-state index in [1.165, 1.54) is 0 Å². The highest BCUT2D eigenvalue weighted by Gasteiger charge is 2.13. The Kier molecular flexibility index (Phi) is 6.11. The Morgan fingerprint density at radius 1 is 1.14 bits per heavy atom. The Bertz CT molecular complexity index is 969. The van der Waals surface area contributed by atoms with Crippen LogP contribution in [0.25, 0.3) is 11.4 Å². The van der Waals surface area contributed by atoms with Crippen LogP contribution in [0.4, 0.5) is 5.69 Å². The SMILES string of the molecule is CNC(=O)c1cccc(NC(=O)CCCc2nc(-c3ccncc3)no2)c1C. The molecule has 0 radical (unpaired) electrons. The minimum atomic E-state index is -0.185. The molecule has 144 valence electrons. The number of aromatic nitrogens is 3. The zero-order valence-electron chi connectivity index (χ0n) is 15.7. The molecule has 2 amide bonds. The summed E-state index contributed by atoms with van der Waals surface area (Å²) in [6.07, 6.45) is 4.70. The highest BCUT2D eigenvalue weighted by molar-refractivity contribution is 5.99. The number of amides is 2. The molecule has 2 N–H and O–H groups in total. The number of pyridine rings is 1. The fourth-order valence-corrected chi connectivity index (χ4v) is 2.74. The van der Waals surface area contributed by atoms with Crippen LogP contribution in [0.2, 0.25) is 0 Å². The number of nitrogens with one attached hydrogen (secondary N) is 2. The third-order valence-electron chi connectivity index (χ3n) is 4.28. The Hall–Kier alpha value is -3.55. The Labute approximate surface area is 162 Å². The minimum Gasteiger partial charge on any atom is -0.355 e. The first kappa shape index (κ1) is 19.2. The molecule has 0 aliphatic heterocycles. The van der Waals surface area contributed by atoms with Gasteiger partial charge in [0.2, 0.25) is 17.6 Å². The summed E-state index contributed by atoms with van der Waals surface area (Å²) in [5, 5.41) is 9.39. The van der Waals surface area contributed by atoms with Gasteiger partial charge in [0, 0.05) is 49.1 Å². The summed E-state index contributed by atoms with van der Waals surface area (Å²) in [6.45, 7) is 1.80. The van der Waals surface area contributed by atoms with Crippen LogP contribution in [0.15, 0.2) is 47.2 Å². The third kappa shape index (κ3) is 4.59. The second kappa shape index (κ2) is 8.90. The normalized spacial score (nSPS) is 10.5. The maximum atomic E-state index is 12.2. The molecule has 0 bridgehead atoms. The van der Waals surface area contributed by atoms with Gasteiger partial charge in [-0.05, 0) is 43.2 Å². The standard InChI is InChI=1S/C20H21N5O3/c1-13-15(20(27)21-2)5-3-6-16(13)23-17(26)7-4-8-18-24-19(25-28-18)14-9-11-22-12-10-14/h3,5-6,9-12H,4,7-8H2,1-2H3,(H,21,27)(H,23,26). The molecule has 0 unspecified atom stereocenters. The van der Waals surface area contributed by atoms with Crippen molar-refractivity contribution in [1.82, 2.24) is 20.4 Å². The zero-order valence-corrected chi connectivity index (χ0v) is 15.7. The lowest BCUT2D eigenvalue weighted by molar-refractivity contribution is -0.116. The lowest BCUT2D eigenvalue weighted by Crippen LogP contribution is -2.20. The van der Waals surface area contributed by atoms with Gasteiger partial charge < -0.3 is 15.2 Å². The van der Waals surface area contributed by atoms with Crippen molar-refractivity contribution < 1.29 is 14.1 Å². The van der Waals surface area contributed by atoms with Crippen molar-refractivity contribution in [2.24, 2.45) is 0 Å². The van der Waals surface area contributed by atoms with Gasteiger partial charge in [-0.3, -0.25) is 14.6 Å². The third-order valence-corrected chi connectivity index (χ3v) is 4.28. The van der Waals surface area contributed by atoms with Gasteiger partial charge in [-0.1, -0.05) is 11.2 Å². The van der Waals surface area contributed by atoms with Gasteiger partial charge in [0.15, 0.2) is 0 Å². The maximum absolute atomic E-state index is 12.2. The van der Waals surface area contributed by atoms with E-state index in [0.29, 0.717) is 42.2 Å². The first-order valence-corrected chi connectivity index (χ1v) is 8.93. The van der Waals surface area contributed by atoms with E-state index in [2.05, 4.69) is 25.8 Å². The quantitative estimate of drug-likeness (QED) is 0.653. The Morgan fingerprint density at radius 3 is 2.68 bits per heavy atom. The molecule has 1 aromatic carbocycles. The fraction of sp³-hybridized carbons (Fsp3) is 0.250. The number of nitrogens with zero attached hydrogens (tertiary/aromatic N) is 3. The average molecular weight is 379 g/mol. The molecule has 8 heteroatoms. The predicted molar refractivity (Wildman–Crippen MR) is 104 cm³/mol. The number of hydrogen-bond acceptors (Lipinski definition) is 6. The number of rotatable bonds is 7. The summed E-state index contributed by atoms with van der Waals surface area (Å²) < 4.78 is 5.24. The van der Waals surface area contributed by atoms with Crippen LogP contribution in [0.3, 0.4) is 0 Å². The summed E-state index contributed by atoms with van der Waals surface area (Å²) in [6, 6.07) is 8.85. The minimum absolute atomic E-state index is 0.133. The lowest BCUT2D eigenvalue weighted by Gasteiger charge is -2.11. The van der Waals surface area contributed by atoms with Crippen LogP contribution in [0.1, 0.15) is 34.7 Å². The van der Waals surface area contributed by atoms with Crippen molar-refractivity contribution in [3.8, 4) is 11.4 Å². The summed E-state index contributed by atoms with van der Waals surface area (Å²) in [5.74, 6) is 0.668. The number of hydrogen-bond donors (Lipinski definition) is 2. The van der Waals surface area contributed by atoms with Gasteiger partial charge in [0.05, 0.1) is 0 Å². The molecule has 0 aliphatic carbocycles. The van der Waals surface area contributed by atoms with Crippen LogP contribution in [0.5, 0.6) is 0 Å². The van der Waals surface area contributed by atoms with E-state index in [1.54, 1.807) is 56.7 Å². The molecular formula is C20H21N5O3. The first-order chi connectivity index (χ1) is 13.6. The molecule has 3 aromatic rings. The van der Waals surface area contributed by atoms with Crippen molar-refractivity contribution in [2.75, 3.05) is 12.4 Å². The van der Waals surface area contributed by atoms with Crippen LogP contribution >= 0.6 is 0 Å². The van der Waals surface area contributed by atoms with Crippen molar-refractivity contribution in [3.63, 3.8) is 0 Å². The summed E-state index contributed by atoms with van der Waals surface area (Å²) in [7, 11) is 1.57. The topological polar surface area (TPSA) is 110 Å². The van der Waals surface area contributed by atoms with E-state index in [9.17, 15) is 9.59 Å². The molecule has 0 spiro atoms. The van der Waals surface area contributed by atoms with Gasteiger partial charge in [-0.15, -0.1) is 0 Å². The van der Waals surface area contributed by atoms with E-state index in [-0.39, 0.29) is 11.8 Å². The molecule has 0 atom stereocenters. The van der Waals surface area contributed by atoms with Crippen molar-refractivity contribution >= 4 is 17.5 Å². The zero-order chi connectivity index (χ0) is 19.9. The Morgan fingerprint density at radius 2 is 1.93 bits per heavy atom. The van der Waals surface area contributed by atoms with Gasteiger partial charge in [-0.25, -0.2) is 0 Å². The van der Waals surface area contributed by atoms with Crippen LogP contribution in [0, 0.1) is 6.92 Å². The van der Waals surface area contributed by atoms with E-state index in [1.807, 2.05) is 0 Å². The number of benzene rings is 1. The highest BCUT2D eigenvalue weighted by atomic mass is 16.5. The second-order valence-corrected chi connectivity index (χ2v) is 6.21. The van der Waals surface area contributed by atoms with E-state index >= 15 is 0 Å². The van der Waals surface area contributed by atoms with Gasteiger partial charge in [0.25, 0.3) is 5.91 Å². The van der Waals surface area contributed by atoms with Gasteiger partial charge >= 0.3 is 0 Å². The molecule has 0 saturated heterocycles. The monoisotopic (exact) mass is 379 g/mol. The largest absolute Gasteiger partial charge is 0.355 e. The van der Waals surface area contributed by atoms with E-state index < -0.39 is 0 Å². The molecule has 0 aliphatic rings. The number of carbonyl (C=O) groups is 2. The fourth-order valence-electron chi connectivity index (χ4n) is 2.74. The molecular weight excluding hydrogens is 358 g/mol. The average Bonchev–Trinajstić information content (AvgIpc) is 3.18. The summed E-state index contributed by atoms with van der Waals surface area (Å²) in [5.41, 5.74) is 2.72. The van der Waals surface area contributed by atoms with Gasteiger partial charge in [0.1, 0.15) is 0 Å². The molecule has 2 aromatic heterocycles. The number of aryl methyl sites for hydroxylation is 1.